The summed E-state index contributed by atoms with van der Waals surface area (Å²) in [5.74, 6) is 2.76. The Morgan fingerprint density at radius 3 is 2.35 bits per heavy atom. The Kier molecular flexibility index (Phi) is 6.63. The van der Waals surface area contributed by atoms with Gasteiger partial charge in [0.1, 0.15) is 5.82 Å². The Bertz CT molecular complexity index is 1170. The number of piperidine rings is 1. The standard InChI is InChI=1S/C25H33N7O2/c1-28-23(27)32-12-10-25(11-13-32,17-8-6-5-7-9-17)16-31(2)24-29-19-15-21(34-4)20(33-3)14-18(19)22(26)30-24/h5-9,14-15H,10-13,16H2,1-4H3,(H2,27,28)(H2,26,29,30). The van der Waals surface area contributed by atoms with E-state index in [0.29, 0.717) is 34.7 Å². The molecule has 0 saturated carbocycles. The summed E-state index contributed by atoms with van der Waals surface area (Å²) in [7, 11) is 6.94. The van der Waals surface area contributed by atoms with Gasteiger partial charge in [0.15, 0.2) is 17.5 Å². The van der Waals surface area contributed by atoms with Crippen LogP contribution in [0.1, 0.15) is 18.4 Å². The SMILES string of the molecule is CN=C(N)N1CCC(CN(C)c2nc(N)c3cc(OC)c(OC)cc3n2)(c2ccccc2)CC1. The molecule has 180 valence electrons. The van der Waals surface area contributed by atoms with Crippen molar-refractivity contribution < 1.29 is 9.47 Å². The van der Waals surface area contributed by atoms with Crippen LogP contribution in [0, 0.1) is 0 Å². The molecule has 0 unspecified atom stereocenters. The highest BCUT2D eigenvalue weighted by atomic mass is 16.5. The highest BCUT2D eigenvalue weighted by molar-refractivity contribution is 5.91. The molecule has 3 aromatic rings. The van der Waals surface area contributed by atoms with Gasteiger partial charge in [0.2, 0.25) is 5.95 Å². The number of nitrogens with two attached hydrogens (primary N) is 2. The first-order valence-corrected chi connectivity index (χ1v) is 11.3. The number of hydrogen-bond acceptors (Lipinski definition) is 7. The van der Waals surface area contributed by atoms with E-state index in [1.807, 2.05) is 25.2 Å². The summed E-state index contributed by atoms with van der Waals surface area (Å²) in [5.41, 5.74) is 14.4. The van der Waals surface area contributed by atoms with Gasteiger partial charge in [-0.3, -0.25) is 4.99 Å². The summed E-state index contributed by atoms with van der Waals surface area (Å²) in [6.45, 7) is 2.42. The van der Waals surface area contributed by atoms with Crippen LogP contribution in [0.25, 0.3) is 10.9 Å². The predicted octanol–water partition coefficient (Wildman–Crippen LogP) is 2.64. The van der Waals surface area contributed by atoms with Crippen molar-refractivity contribution in [3.8, 4) is 11.5 Å². The van der Waals surface area contributed by atoms with E-state index in [-0.39, 0.29) is 5.41 Å². The van der Waals surface area contributed by atoms with Crippen LogP contribution in [0.4, 0.5) is 11.8 Å². The molecule has 0 radical (unpaired) electrons. The second-order valence-corrected chi connectivity index (χ2v) is 8.70. The molecule has 0 aliphatic carbocycles. The molecule has 4 N–H and O–H groups in total. The Hall–Kier alpha value is -3.75. The zero-order valence-corrected chi connectivity index (χ0v) is 20.3. The van der Waals surface area contributed by atoms with Crippen LogP contribution in [0.2, 0.25) is 0 Å². The number of fused-ring (bicyclic) bond motifs is 1. The quantitative estimate of drug-likeness (QED) is 0.423. The number of aliphatic imine (C=N–C) groups is 1. The van der Waals surface area contributed by atoms with Crippen molar-refractivity contribution in [2.24, 2.45) is 10.7 Å². The number of likely N-dealkylation sites (tertiary alicyclic amines) is 1. The first kappa shape index (κ1) is 23.4. The number of benzene rings is 2. The zero-order chi connectivity index (χ0) is 24.3. The maximum absolute atomic E-state index is 6.35. The molecule has 2 heterocycles. The predicted molar refractivity (Wildman–Crippen MR) is 137 cm³/mol. The summed E-state index contributed by atoms with van der Waals surface area (Å²) in [4.78, 5) is 17.8. The van der Waals surface area contributed by atoms with Crippen molar-refractivity contribution in [2.75, 3.05) is 58.6 Å². The highest BCUT2D eigenvalue weighted by Gasteiger charge is 2.38. The molecule has 2 aromatic carbocycles. The van der Waals surface area contributed by atoms with Crippen LogP contribution >= 0.6 is 0 Å². The highest BCUT2D eigenvalue weighted by Crippen LogP contribution is 2.38. The number of rotatable bonds is 6. The van der Waals surface area contributed by atoms with Gasteiger partial charge in [-0.25, -0.2) is 4.98 Å². The minimum Gasteiger partial charge on any atom is -0.493 e. The maximum atomic E-state index is 6.35. The number of hydrogen-bond donors (Lipinski definition) is 2. The second kappa shape index (κ2) is 9.62. The Morgan fingerprint density at radius 1 is 1.09 bits per heavy atom. The number of anilines is 2. The molecule has 0 amide bonds. The normalized spacial score (nSPS) is 15.9. The van der Waals surface area contributed by atoms with Crippen LogP contribution in [0.15, 0.2) is 47.5 Å². The number of nitrogen functional groups attached to an aromatic ring is 1. The van der Waals surface area contributed by atoms with Gasteiger partial charge in [-0.15, -0.1) is 0 Å². The summed E-state index contributed by atoms with van der Waals surface area (Å²) in [5, 5.41) is 0.732. The molecule has 9 nitrogen and oxygen atoms in total. The summed E-state index contributed by atoms with van der Waals surface area (Å²) in [6, 6.07) is 14.3. The van der Waals surface area contributed by atoms with Gasteiger partial charge in [0.25, 0.3) is 0 Å². The van der Waals surface area contributed by atoms with Crippen molar-refractivity contribution in [3.63, 3.8) is 0 Å². The van der Waals surface area contributed by atoms with E-state index in [9.17, 15) is 0 Å². The summed E-state index contributed by atoms with van der Waals surface area (Å²) in [6.07, 6.45) is 1.87. The Labute approximate surface area is 200 Å². The van der Waals surface area contributed by atoms with Crippen LogP contribution in [-0.4, -0.2) is 68.8 Å². The molecular formula is C25H33N7O2. The van der Waals surface area contributed by atoms with E-state index in [4.69, 9.17) is 25.9 Å². The third kappa shape index (κ3) is 4.37. The molecule has 0 atom stereocenters. The van der Waals surface area contributed by atoms with E-state index >= 15 is 0 Å². The van der Waals surface area contributed by atoms with Gasteiger partial charge < -0.3 is 30.7 Å². The summed E-state index contributed by atoms with van der Waals surface area (Å²) >= 11 is 0. The van der Waals surface area contributed by atoms with Crippen molar-refractivity contribution in [1.29, 1.82) is 0 Å². The fourth-order valence-corrected chi connectivity index (χ4v) is 4.80. The topological polar surface area (TPSA) is 115 Å². The molecular weight excluding hydrogens is 430 g/mol. The molecule has 1 fully saturated rings. The molecule has 9 heteroatoms. The molecule has 34 heavy (non-hydrogen) atoms. The first-order chi connectivity index (χ1) is 16.4. The zero-order valence-electron chi connectivity index (χ0n) is 20.3. The third-order valence-electron chi connectivity index (χ3n) is 6.76. The molecule has 1 aliphatic heterocycles. The molecule has 1 aliphatic rings. The molecule has 0 spiro atoms. The largest absolute Gasteiger partial charge is 0.493 e. The fourth-order valence-electron chi connectivity index (χ4n) is 4.80. The lowest BCUT2D eigenvalue weighted by molar-refractivity contribution is 0.226. The van der Waals surface area contributed by atoms with Gasteiger partial charge >= 0.3 is 0 Å². The number of guanidine groups is 1. The van der Waals surface area contributed by atoms with Gasteiger partial charge in [-0.1, -0.05) is 30.3 Å². The van der Waals surface area contributed by atoms with E-state index < -0.39 is 0 Å². The average Bonchev–Trinajstić information content (AvgIpc) is 2.88. The fraction of sp³-hybridized carbons (Fsp3) is 0.400. The molecule has 1 aromatic heterocycles. The van der Waals surface area contributed by atoms with Crippen LogP contribution in [0.5, 0.6) is 11.5 Å². The lowest BCUT2D eigenvalue weighted by atomic mass is 9.72. The first-order valence-electron chi connectivity index (χ1n) is 11.3. The van der Waals surface area contributed by atoms with E-state index in [1.54, 1.807) is 21.3 Å². The van der Waals surface area contributed by atoms with Gasteiger partial charge in [0, 0.05) is 50.6 Å². The monoisotopic (exact) mass is 463 g/mol. The minimum atomic E-state index is -0.0782. The van der Waals surface area contributed by atoms with Crippen molar-refractivity contribution >= 4 is 28.6 Å². The maximum Gasteiger partial charge on any atom is 0.227 e. The molecule has 1 saturated heterocycles. The van der Waals surface area contributed by atoms with E-state index in [0.717, 1.165) is 37.9 Å². The van der Waals surface area contributed by atoms with Crippen molar-refractivity contribution in [2.45, 2.75) is 18.3 Å². The summed E-state index contributed by atoms with van der Waals surface area (Å²) < 4.78 is 10.9. The number of nitrogens with zero attached hydrogens (tertiary/aromatic N) is 5. The third-order valence-corrected chi connectivity index (χ3v) is 6.76. The van der Waals surface area contributed by atoms with Crippen molar-refractivity contribution in [3.05, 3.63) is 48.0 Å². The Morgan fingerprint density at radius 2 is 1.74 bits per heavy atom. The van der Waals surface area contributed by atoms with Crippen LogP contribution < -0.4 is 25.8 Å². The van der Waals surface area contributed by atoms with Gasteiger partial charge in [-0.2, -0.15) is 4.98 Å². The number of methoxy groups -OCH3 is 2. The van der Waals surface area contributed by atoms with E-state index in [2.05, 4.69) is 44.0 Å². The number of aromatic nitrogens is 2. The lowest BCUT2D eigenvalue weighted by Crippen LogP contribution is -2.51. The van der Waals surface area contributed by atoms with Crippen LogP contribution in [0.3, 0.4) is 0 Å². The lowest BCUT2D eigenvalue weighted by Gasteiger charge is -2.44. The second-order valence-electron chi connectivity index (χ2n) is 8.70. The Balaban J connectivity index is 1.67. The van der Waals surface area contributed by atoms with Crippen LogP contribution in [-0.2, 0) is 5.41 Å². The molecule has 4 rings (SSSR count). The number of ether oxygens (including phenoxy) is 2. The number of likely N-dealkylation sites (N-methyl/N-ethyl adjacent to an activating group) is 1. The van der Waals surface area contributed by atoms with Crippen molar-refractivity contribution in [1.82, 2.24) is 14.9 Å². The average molecular weight is 464 g/mol. The van der Waals surface area contributed by atoms with Gasteiger partial charge in [0.05, 0.1) is 19.7 Å². The molecule has 0 bridgehead atoms. The smallest absolute Gasteiger partial charge is 0.227 e. The minimum absolute atomic E-state index is 0.0782. The van der Waals surface area contributed by atoms with E-state index in [1.165, 1.54) is 5.56 Å². The van der Waals surface area contributed by atoms with Gasteiger partial charge in [-0.05, 0) is 24.5 Å².